The second-order valence-electron chi connectivity index (χ2n) is 24.4. The van der Waals surface area contributed by atoms with Crippen LogP contribution in [0.4, 0.5) is 0 Å². The molecule has 107 heavy (non-hydrogen) atoms. The lowest BCUT2D eigenvalue weighted by Gasteiger charge is -2.09. The van der Waals surface area contributed by atoms with Crippen LogP contribution in [0.25, 0.3) is 65.8 Å². The van der Waals surface area contributed by atoms with E-state index in [9.17, 15) is 56.2 Å². The minimum Gasteiger partial charge on any atom is -0.497 e. The number of benzene rings is 6. The average Bonchev–Trinajstić information content (AvgIpc) is 1.56. The van der Waals surface area contributed by atoms with Gasteiger partial charge in [-0.15, -0.1) is 0 Å². The van der Waals surface area contributed by atoms with Crippen molar-refractivity contribution in [3.05, 3.63) is 257 Å². The molecule has 0 saturated heterocycles. The maximum atomic E-state index is 11.4. The predicted molar refractivity (Wildman–Crippen MR) is 390 cm³/mol. The van der Waals surface area contributed by atoms with Crippen molar-refractivity contribution in [1.29, 1.82) is 0 Å². The number of ether oxygens (including phenoxy) is 3. The summed E-state index contributed by atoms with van der Waals surface area (Å²) in [7, 11) is -23.9. The van der Waals surface area contributed by atoms with Crippen molar-refractivity contribution in [1.82, 2.24) is 0 Å². The number of rotatable bonds is 13. The molecular weight excluding hydrogens is 1530 g/mol. The number of hydrogen-bond donors (Lipinski definition) is 12. The van der Waals surface area contributed by atoms with E-state index < -0.39 is 116 Å². The first kappa shape index (κ1) is 83.5. The summed E-state index contributed by atoms with van der Waals surface area (Å²) in [4.78, 5) is 176. The van der Waals surface area contributed by atoms with E-state index in [1.807, 2.05) is 47.6 Å². The van der Waals surface area contributed by atoms with Crippen LogP contribution in [0.3, 0.4) is 0 Å². The van der Waals surface area contributed by atoms with Crippen molar-refractivity contribution >= 4 is 111 Å². The molecule has 33 nitrogen and oxygen atoms in total. The Balaban J connectivity index is 0.000000162. The molecule has 1 aliphatic heterocycles. The van der Waals surface area contributed by atoms with Gasteiger partial charge in [0.2, 0.25) is 6.79 Å². The standard InChI is InChI=1S/2C12H13O5P.C11H9O7P.C11H11O6P.2C11H11O5P/c1-7-3-10-9(6-18(14,15)16)5-12(13)17-11(10)4-8(7)2;1-7-3-8(2)12-9(6-18(14,15)16)5-11(13)17-10(12)4-7;12-11-1-6(4-19(13,14)15)7-2-9-10(17-5-16-9)3-8(7)18-11;1-16-8-2-3-9-7(6-18(13,14)15)4-11(12)17-10(9)5-8;1-7-2-3-10-9(4-7)8(5-11(12)16-10)6-17(13,14)15;1-7-2-3-9-8(6-17(13,14)15)5-11(12)16-10(9)4-7/h2*3-5H,6H2,1-2H3,(H2,14,15,16);1-3H,4-5H2,(H2,13,14,15);2-5H,6H2,1H3,(H2,13,14,15);2*2-5H,6H2,1H3,(H2,13,14,15). The van der Waals surface area contributed by atoms with E-state index in [-0.39, 0.29) is 29.1 Å². The maximum absolute atomic E-state index is 11.4. The molecule has 1 aliphatic rings. The normalized spacial score (nSPS) is 12.3. The van der Waals surface area contributed by atoms with Crippen LogP contribution in [0.2, 0.25) is 0 Å². The van der Waals surface area contributed by atoms with Crippen LogP contribution < -0.4 is 48.0 Å². The highest BCUT2D eigenvalue weighted by Crippen LogP contribution is 2.46. The zero-order valence-corrected chi connectivity index (χ0v) is 62.6. The lowest BCUT2D eigenvalue weighted by molar-refractivity contribution is 0.174. The first-order valence-corrected chi connectivity index (χ1v) is 41.7. The molecular formula is C68H68O33P6. The van der Waals surface area contributed by atoms with Gasteiger partial charge in [0.1, 0.15) is 39.2 Å². The molecule has 39 heteroatoms. The molecule has 0 amide bonds. The Bertz CT molecular complexity index is 6110. The molecule has 0 fully saturated rings. The summed E-state index contributed by atoms with van der Waals surface area (Å²) in [6, 6.07) is 31.8. The molecule has 568 valence electrons. The maximum Gasteiger partial charge on any atom is 0.336 e. The van der Waals surface area contributed by atoms with E-state index in [1.165, 1.54) is 19.2 Å². The van der Waals surface area contributed by atoms with Gasteiger partial charge in [0.15, 0.2) is 11.5 Å². The van der Waals surface area contributed by atoms with Gasteiger partial charge < -0.3 is 99.4 Å². The van der Waals surface area contributed by atoms with Crippen molar-refractivity contribution in [2.45, 2.75) is 78.5 Å². The third-order valence-corrected chi connectivity index (χ3v) is 19.8. The quantitative estimate of drug-likeness (QED) is 0.0377. The minimum absolute atomic E-state index is 0.0592. The molecule has 0 saturated carbocycles. The monoisotopic (exact) mass is 1600 g/mol. The van der Waals surface area contributed by atoms with Crippen molar-refractivity contribution in [3.8, 4) is 17.2 Å². The molecule has 0 aliphatic carbocycles. The molecule has 12 N–H and O–H groups in total. The molecule has 0 bridgehead atoms. The smallest absolute Gasteiger partial charge is 0.336 e. The Hall–Kier alpha value is -9.12. The van der Waals surface area contributed by atoms with E-state index >= 15 is 0 Å². The summed E-state index contributed by atoms with van der Waals surface area (Å²) in [5.41, 5.74) is 5.40. The van der Waals surface area contributed by atoms with Gasteiger partial charge in [-0.1, -0.05) is 29.8 Å². The second-order valence-corrected chi connectivity index (χ2v) is 34.3. The first-order valence-electron chi connectivity index (χ1n) is 30.9. The summed E-state index contributed by atoms with van der Waals surface area (Å²) in [5, 5.41) is 3.20. The number of aryl methyl sites for hydroxylation is 6. The molecule has 12 aromatic rings. The van der Waals surface area contributed by atoms with E-state index in [0.717, 1.165) is 69.8 Å². The van der Waals surface area contributed by atoms with Crippen LogP contribution in [-0.2, 0) is 64.4 Å². The van der Waals surface area contributed by atoms with Crippen LogP contribution in [0.15, 0.2) is 183 Å². The highest BCUT2D eigenvalue weighted by atomic mass is 31.2. The van der Waals surface area contributed by atoms with Gasteiger partial charge in [-0.3, -0.25) is 27.4 Å². The van der Waals surface area contributed by atoms with Crippen molar-refractivity contribution in [2.24, 2.45) is 0 Å². The van der Waals surface area contributed by atoms with Crippen molar-refractivity contribution in [3.63, 3.8) is 0 Å². The Labute approximate surface area is 601 Å². The highest BCUT2D eigenvalue weighted by molar-refractivity contribution is 7.52. The number of methoxy groups -OCH3 is 1. The van der Waals surface area contributed by atoms with Gasteiger partial charge in [-0.05, 0) is 157 Å². The predicted octanol–water partition coefficient (Wildman–Crippen LogP) is 10.4. The van der Waals surface area contributed by atoms with Crippen LogP contribution in [0.1, 0.15) is 66.8 Å². The fourth-order valence-corrected chi connectivity index (χ4v) is 15.2. The van der Waals surface area contributed by atoms with Gasteiger partial charge in [-0.25, -0.2) is 28.8 Å². The van der Waals surface area contributed by atoms with Gasteiger partial charge in [0.05, 0.1) is 44.1 Å². The van der Waals surface area contributed by atoms with Crippen molar-refractivity contribution in [2.75, 3.05) is 13.9 Å². The fraction of sp³-hybridized carbons (Fsp3) is 0.206. The van der Waals surface area contributed by atoms with Gasteiger partial charge in [0, 0.05) is 80.8 Å². The Kier molecular flexibility index (Phi) is 26.2. The van der Waals surface area contributed by atoms with Crippen LogP contribution in [0, 0.1) is 41.5 Å². The third-order valence-electron chi connectivity index (χ3n) is 15.3. The lowest BCUT2D eigenvalue weighted by atomic mass is 10.0. The van der Waals surface area contributed by atoms with Gasteiger partial charge in [-0.2, -0.15) is 0 Å². The summed E-state index contributed by atoms with van der Waals surface area (Å²) in [6.07, 6.45) is -2.87. The lowest BCUT2D eigenvalue weighted by Crippen LogP contribution is -2.02. The fourth-order valence-electron chi connectivity index (χ4n) is 11.0. The molecule has 7 heterocycles. The summed E-state index contributed by atoms with van der Waals surface area (Å²) < 4.78 is 112. The molecule has 6 aromatic heterocycles. The van der Waals surface area contributed by atoms with E-state index in [0.29, 0.717) is 94.2 Å². The van der Waals surface area contributed by atoms with Crippen LogP contribution >= 0.6 is 45.6 Å². The Morgan fingerprint density at radius 2 is 0.617 bits per heavy atom. The Morgan fingerprint density at radius 1 is 0.299 bits per heavy atom. The SMILES string of the molecule is COc1ccc2c(CP(=O)(O)O)cc(=O)oc2c1.Cc1cc(C)c2c(CP(=O)(O)O)cc(=O)oc2c1.Cc1cc2oc(=O)cc(CP(=O)(O)O)c2cc1C.Cc1ccc2c(CP(=O)(O)O)cc(=O)oc2c1.Cc1ccc2oc(=O)cc(CP(=O)(O)O)c2c1.O=c1cc(CP(=O)(O)O)c2cc3c(cc2o1)OCO3. The minimum atomic E-state index is -4.28. The summed E-state index contributed by atoms with van der Waals surface area (Å²) in [6.45, 7) is 11.2. The van der Waals surface area contributed by atoms with E-state index in [1.54, 1.807) is 72.8 Å². The molecule has 6 aromatic carbocycles. The Morgan fingerprint density at radius 3 is 1.07 bits per heavy atom. The number of hydrogen-bond acceptors (Lipinski definition) is 21. The van der Waals surface area contributed by atoms with E-state index in [4.69, 9.17) is 99.4 Å². The van der Waals surface area contributed by atoms with Crippen molar-refractivity contribution < 1.29 is 127 Å². The van der Waals surface area contributed by atoms with Gasteiger partial charge in [0.25, 0.3) is 0 Å². The highest BCUT2D eigenvalue weighted by Gasteiger charge is 2.25. The second kappa shape index (κ2) is 33.6. The molecule has 0 spiro atoms. The van der Waals surface area contributed by atoms with Crippen LogP contribution in [0.5, 0.6) is 17.2 Å². The zero-order valence-electron chi connectivity index (χ0n) is 57.2. The molecule has 13 rings (SSSR count). The summed E-state index contributed by atoms with van der Waals surface area (Å²) in [5.74, 6) is 1.39. The largest absolute Gasteiger partial charge is 0.497 e. The zero-order chi connectivity index (χ0) is 79.2. The first-order chi connectivity index (χ1) is 49.5. The molecule has 0 radical (unpaired) electrons. The molecule has 0 atom stereocenters. The summed E-state index contributed by atoms with van der Waals surface area (Å²) >= 11 is 0. The number of fused-ring (bicyclic) bond motifs is 7. The molecule has 0 unspecified atom stereocenters. The van der Waals surface area contributed by atoms with E-state index in [2.05, 4.69) is 0 Å². The third kappa shape index (κ3) is 24.7. The topological polar surface area (TPSA) is 554 Å². The van der Waals surface area contributed by atoms with Crippen LogP contribution in [-0.4, -0.2) is 72.6 Å². The average molecular weight is 1600 g/mol. The van der Waals surface area contributed by atoms with Gasteiger partial charge >= 0.3 is 79.3 Å².